The van der Waals surface area contributed by atoms with Gasteiger partial charge in [-0.05, 0) is 35.8 Å². The van der Waals surface area contributed by atoms with Crippen LogP contribution in [0.25, 0.3) is 0 Å². The second-order valence-electron chi connectivity index (χ2n) is 7.81. The van der Waals surface area contributed by atoms with Gasteiger partial charge in [0.1, 0.15) is 6.61 Å². The number of nitrogens with one attached hydrogen (secondary N) is 1. The Bertz CT molecular complexity index is 752. The zero-order valence-electron chi connectivity index (χ0n) is 16.5. The summed E-state index contributed by atoms with van der Waals surface area (Å²) in [5, 5.41) is 3.01. The van der Waals surface area contributed by atoms with Crippen molar-refractivity contribution in [1.29, 1.82) is 0 Å². The Hall–Kier alpha value is -2.62. The molecule has 0 heterocycles. The largest absolute Gasteiger partial charge is 0.460 e. The molecule has 1 saturated carbocycles. The van der Waals surface area contributed by atoms with Gasteiger partial charge in [-0.15, -0.1) is 0 Å². The zero-order valence-corrected chi connectivity index (χ0v) is 16.5. The van der Waals surface area contributed by atoms with Crippen molar-refractivity contribution < 1.29 is 14.3 Å². The molecular weight excluding hydrogens is 350 g/mol. The first-order valence-corrected chi connectivity index (χ1v) is 10.2. The fourth-order valence-corrected chi connectivity index (χ4v) is 3.73. The van der Waals surface area contributed by atoms with Crippen LogP contribution in [0.5, 0.6) is 0 Å². The summed E-state index contributed by atoms with van der Waals surface area (Å²) in [6.45, 7) is 3.07. The van der Waals surface area contributed by atoms with Gasteiger partial charge in [0.15, 0.2) is 5.92 Å². The molecule has 0 aliphatic heterocycles. The van der Waals surface area contributed by atoms with Gasteiger partial charge in [0.2, 0.25) is 5.91 Å². The molecule has 0 radical (unpaired) electrons. The van der Waals surface area contributed by atoms with Crippen molar-refractivity contribution in [1.82, 2.24) is 5.32 Å². The molecule has 4 nitrogen and oxygen atoms in total. The summed E-state index contributed by atoms with van der Waals surface area (Å²) in [6, 6.07) is 18.7. The molecule has 1 amide bonds. The minimum absolute atomic E-state index is 0.163. The van der Waals surface area contributed by atoms with E-state index in [1.807, 2.05) is 48.5 Å². The van der Waals surface area contributed by atoms with Gasteiger partial charge in [0.25, 0.3) is 0 Å². The van der Waals surface area contributed by atoms with Crippen LogP contribution in [0.15, 0.2) is 60.7 Å². The van der Waals surface area contributed by atoms with Crippen LogP contribution in [0.4, 0.5) is 0 Å². The molecule has 0 saturated heterocycles. The zero-order chi connectivity index (χ0) is 19.8. The highest BCUT2D eigenvalue weighted by molar-refractivity contribution is 6.03. The van der Waals surface area contributed by atoms with Crippen molar-refractivity contribution in [2.75, 3.05) is 6.54 Å². The van der Waals surface area contributed by atoms with Crippen molar-refractivity contribution in [3.05, 3.63) is 71.8 Å². The Morgan fingerprint density at radius 1 is 0.964 bits per heavy atom. The van der Waals surface area contributed by atoms with Gasteiger partial charge in [-0.1, -0.05) is 80.4 Å². The minimum atomic E-state index is -0.938. The fraction of sp³-hybridized carbons (Fsp3) is 0.417. The van der Waals surface area contributed by atoms with Crippen LogP contribution in [0, 0.1) is 11.8 Å². The van der Waals surface area contributed by atoms with E-state index in [0.717, 1.165) is 24.3 Å². The average molecular weight is 380 g/mol. The summed E-state index contributed by atoms with van der Waals surface area (Å²) in [4.78, 5) is 25.7. The predicted octanol–water partition coefficient (Wildman–Crippen LogP) is 4.46. The number of carbonyl (C=O) groups is 2. The van der Waals surface area contributed by atoms with Crippen LogP contribution in [-0.2, 0) is 20.9 Å². The molecule has 4 heteroatoms. The van der Waals surface area contributed by atoms with E-state index in [1.165, 1.54) is 12.8 Å². The van der Waals surface area contributed by atoms with E-state index >= 15 is 0 Å². The molecule has 2 aromatic carbocycles. The van der Waals surface area contributed by atoms with Crippen LogP contribution in [0.1, 0.15) is 49.7 Å². The molecule has 1 atom stereocenters. The number of hydrogen-bond acceptors (Lipinski definition) is 3. The molecule has 28 heavy (non-hydrogen) atoms. The van der Waals surface area contributed by atoms with Gasteiger partial charge in [-0.25, -0.2) is 0 Å². The van der Waals surface area contributed by atoms with Crippen LogP contribution >= 0.6 is 0 Å². The van der Waals surface area contributed by atoms with Gasteiger partial charge in [-0.2, -0.15) is 0 Å². The second kappa shape index (κ2) is 10.1. The van der Waals surface area contributed by atoms with Crippen molar-refractivity contribution >= 4 is 11.9 Å². The third-order valence-corrected chi connectivity index (χ3v) is 5.56. The maximum Gasteiger partial charge on any atom is 0.323 e. The highest BCUT2D eigenvalue weighted by Crippen LogP contribution is 2.28. The Morgan fingerprint density at radius 3 is 2.21 bits per heavy atom. The predicted molar refractivity (Wildman–Crippen MR) is 110 cm³/mol. The number of ether oxygens (including phenoxy) is 1. The molecule has 0 aromatic heterocycles. The second-order valence-corrected chi connectivity index (χ2v) is 7.81. The maximum absolute atomic E-state index is 12.9. The molecule has 1 fully saturated rings. The first kappa shape index (κ1) is 20.1. The van der Waals surface area contributed by atoms with Crippen molar-refractivity contribution in [3.8, 4) is 0 Å². The molecule has 1 aliphatic rings. The molecular formula is C24H29NO3. The quantitative estimate of drug-likeness (QED) is 0.571. The summed E-state index contributed by atoms with van der Waals surface area (Å²) < 4.78 is 5.47. The molecule has 0 spiro atoms. The van der Waals surface area contributed by atoms with Crippen molar-refractivity contribution in [2.45, 2.75) is 45.1 Å². The van der Waals surface area contributed by atoms with E-state index in [2.05, 4.69) is 12.2 Å². The van der Waals surface area contributed by atoms with Crippen LogP contribution in [0.2, 0.25) is 0 Å². The number of amides is 1. The van der Waals surface area contributed by atoms with Crippen molar-refractivity contribution in [2.24, 2.45) is 11.8 Å². The van der Waals surface area contributed by atoms with E-state index in [9.17, 15) is 9.59 Å². The maximum atomic E-state index is 12.9. The normalized spacial score (nSPS) is 20.2. The van der Waals surface area contributed by atoms with Crippen LogP contribution in [-0.4, -0.2) is 18.4 Å². The lowest BCUT2D eigenvalue weighted by Gasteiger charge is -2.26. The molecule has 148 valence electrons. The van der Waals surface area contributed by atoms with Gasteiger partial charge in [-0.3, -0.25) is 9.59 Å². The lowest BCUT2D eigenvalue weighted by molar-refractivity contribution is -0.150. The Labute approximate surface area is 167 Å². The SMILES string of the molecule is CC1CCC(CNC(=O)C(C(=O)OCc2ccccc2)c2ccccc2)CC1. The van der Waals surface area contributed by atoms with E-state index in [-0.39, 0.29) is 12.5 Å². The van der Waals surface area contributed by atoms with Crippen LogP contribution < -0.4 is 5.32 Å². The average Bonchev–Trinajstić information content (AvgIpc) is 2.73. The standard InChI is InChI=1S/C24H29NO3/c1-18-12-14-19(15-13-18)16-25-23(26)22(21-10-6-3-7-11-21)24(27)28-17-20-8-4-2-5-9-20/h2-11,18-19,22H,12-17H2,1H3,(H,25,26). The van der Waals surface area contributed by atoms with Gasteiger partial charge in [0, 0.05) is 6.54 Å². The first-order chi connectivity index (χ1) is 13.6. The molecule has 3 rings (SSSR count). The Kier molecular flexibility index (Phi) is 7.24. The Morgan fingerprint density at radius 2 is 1.57 bits per heavy atom. The highest BCUT2D eigenvalue weighted by Gasteiger charge is 2.30. The van der Waals surface area contributed by atoms with Crippen LogP contribution in [0.3, 0.4) is 0 Å². The summed E-state index contributed by atoms with van der Waals surface area (Å²) in [6.07, 6.45) is 4.69. The third kappa shape index (κ3) is 5.69. The summed E-state index contributed by atoms with van der Waals surface area (Å²) in [7, 11) is 0. The van der Waals surface area contributed by atoms with Gasteiger partial charge < -0.3 is 10.1 Å². The van der Waals surface area contributed by atoms with Gasteiger partial charge in [0.05, 0.1) is 0 Å². The molecule has 1 unspecified atom stereocenters. The molecule has 1 aliphatic carbocycles. The topological polar surface area (TPSA) is 55.4 Å². The summed E-state index contributed by atoms with van der Waals surface area (Å²) in [5.41, 5.74) is 1.56. The number of hydrogen-bond donors (Lipinski definition) is 1. The number of benzene rings is 2. The van der Waals surface area contributed by atoms with Gasteiger partial charge >= 0.3 is 5.97 Å². The minimum Gasteiger partial charge on any atom is -0.460 e. The fourth-order valence-electron chi connectivity index (χ4n) is 3.73. The lowest BCUT2D eigenvalue weighted by atomic mass is 9.83. The van der Waals surface area contributed by atoms with Crippen molar-refractivity contribution in [3.63, 3.8) is 0 Å². The first-order valence-electron chi connectivity index (χ1n) is 10.2. The number of rotatable bonds is 7. The smallest absolute Gasteiger partial charge is 0.323 e. The molecule has 0 bridgehead atoms. The monoisotopic (exact) mass is 379 g/mol. The summed E-state index contributed by atoms with van der Waals surface area (Å²) >= 11 is 0. The van der Waals surface area contributed by atoms with E-state index in [4.69, 9.17) is 4.74 Å². The lowest BCUT2D eigenvalue weighted by Crippen LogP contribution is -2.38. The molecule has 1 N–H and O–H groups in total. The summed E-state index contributed by atoms with van der Waals surface area (Å²) in [5.74, 6) is -0.450. The third-order valence-electron chi connectivity index (χ3n) is 5.56. The molecule has 2 aromatic rings. The van der Waals surface area contributed by atoms with E-state index < -0.39 is 11.9 Å². The highest BCUT2D eigenvalue weighted by atomic mass is 16.5. The Balaban J connectivity index is 1.63. The van der Waals surface area contributed by atoms with E-state index in [0.29, 0.717) is 18.0 Å². The van der Waals surface area contributed by atoms with E-state index in [1.54, 1.807) is 12.1 Å². The number of esters is 1. The number of carbonyl (C=O) groups excluding carboxylic acids is 2.